The third-order valence-electron chi connectivity index (χ3n) is 4.49. The molecule has 4 heteroatoms. The summed E-state index contributed by atoms with van der Waals surface area (Å²) in [6, 6.07) is 13.1. The topological polar surface area (TPSA) is 60.4 Å². The zero-order chi connectivity index (χ0) is 15.8. The van der Waals surface area contributed by atoms with Gasteiger partial charge in [0.05, 0.1) is 11.3 Å². The minimum Gasteiger partial charge on any atom is -0.399 e. The molecule has 0 unspecified atom stereocenters. The van der Waals surface area contributed by atoms with Gasteiger partial charge in [0.1, 0.15) is 5.65 Å². The molecule has 2 heterocycles. The molecule has 4 rings (SSSR count). The van der Waals surface area contributed by atoms with Gasteiger partial charge in [-0.15, -0.1) is 0 Å². The van der Waals surface area contributed by atoms with E-state index in [4.69, 9.17) is 10.7 Å². The number of aryl methyl sites for hydroxylation is 1. The SMILES string of the molecule is Nc1ccc(-c2c(CCC3CC3)nc3ccccn3c2=O)cc1. The molecule has 2 N–H and O–H groups in total. The highest BCUT2D eigenvalue weighted by molar-refractivity contribution is 5.68. The summed E-state index contributed by atoms with van der Waals surface area (Å²) in [6.45, 7) is 0. The number of aromatic nitrogens is 2. The summed E-state index contributed by atoms with van der Waals surface area (Å²) >= 11 is 0. The van der Waals surface area contributed by atoms with E-state index < -0.39 is 0 Å². The standard InChI is InChI=1S/C19H19N3O/c20-15-9-7-14(8-10-15)18-16(11-6-13-4-5-13)21-17-3-1-2-12-22(17)19(18)23/h1-3,7-10,12-13H,4-6,11,20H2. The predicted octanol–water partition coefficient (Wildman–Crippen LogP) is 3.29. The highest BCUT2D eigenvalue weighted by atomic mass is 16.1. The minimum absolute atomic E-state index is 0.00818. The maximum atomic E-state index is 13.0. The van der Waals surface area contributed by atoms with E-state index in [9.17, 15) is 4.79 Å². The third-order valence-corrected chi connectivity index (χ3v) is 4.49. The van der Waals surface area contributed by atoms with Gasteiger partial charge in [0.2, 0.25) is 0 Å². The first-order chi connectivity index (χ1) is 11.2. The second-order valence-electron chi connectivity index (χ2n) is 6.27. The molecule has 0 radical (unpaired) electrons. The Labute approximate surface area is 134 Å². The van der Waals surface area contributed by atoms with Crippen LogP contribution in [0.5, 0.6) is 0 Å². The molecule has 1 aromatic carbocycles. The van der Waals surface area contributed by atoms with Crippen molar-refractivity contribution in [2.45, 2.75) is 25.7 Å². The van der Waals surface area contributed by atoms with Crippen molar-refractivity contribution in [3.8, 4) is 11.1 Å². The smallest absolute Gasteiger partial charge is 0.265 e. The summed E-state index contributed by atoms with van der Waals surface area (Å²) in [4.78, 5) is 17.8. The lowest BCUT2D eigenvalue weighted by Gasteiger charge is -2.11. The van der Waals surface area contributed by atoms with Gasteiger partial charge in [0, 0.05) is 11.9 Å². The first kappa shape index (κ1) is 14.0. The van der Waals surface area contributed by atoms with Crippen molar-refractivity contribution in [1.82, 2.24) is 9.38 Å². The van der Waals surface area contributed by atoms with Crippen molar-refractivity contribution in [2.75, 3.05) is 5.73 Å². The Morgan fingerprint density at radius 2 is 1.91 bits per heavy atom. The predicted molar refractivity (Wildman–Crippen MR) is 92.4 cm³/mol. The van der Waals surface area contributed by atoms with Gasteiger partial charge >= 0.3 is 0 Å². The van der Waals surface area contributed by atoms with E-state index in [1.807, 2.05) is 42.5 Å². The number of benzene rings is 1. The fourth-order valence-electron chi connectivity index (χ4n) is 3.00. The molecular formula is C19H19N3O. The molecule has 1 fully saturated rings. The van der Waals surface area contributed by atoms with Crippen LogP contribution >= 0.6 is 0 Å². The molecule has 1 aliphatic rings. The molecule has 0 atom stereocenters. The third kappa shape index (κ3) is 2.72. The Bertz CT molecular complexity index is 908. The zero-order valence-electron chi connectivity index (χ0n) is 12.9. The molecule has 1 aliphatic carbocycles. The molecule has 0 amide bonds. The highest BCUT2D eigenvalue weighted by Gasteiger charge is 2.23. The van der Waals surface area contributed by atoms with Crippen molar-refractivity contribution in [3.05, 3.63) is 64.7 Å². The summed E-state index contributed by atoms with van der Waals surface area (Å²) < 4.78 is 1.62. The summed E-state index contributed by atoms with van der Waals surface area (Å²) in [5.41, 5.74) is 9.67. The maximum absolute atomic E-state index is 13.0. The number of nitrogens with zero attached hydrogens (tertiary/aromatic N) is 2. The molecule has 0 bridgehead atoms. The number of nitrogen functional groups attached to an aromatic ring is 1. The Kier molecular flexibility index (Phi) is 3.37. The maximum Gasteiger partial charge on any atom is 0.265 e. The summed E-state index contributed by atoms with van der Waals surface area (Å²) in [5.74, 6) is 0.810. The minimum atomic E-state index is -0.00818. The number of nitrogens with two attached hydrogens (primary N) is 1. The average molecular weight is 305 g/mol. The van der Waals surface area contributed by atoms with E-state index in [0.717, 1.165) is 30.0 Å². The van der Waals surface area contributed by atoms with Crippen molar-refractivity contribution in [1.29, 1.82) is 0 Å². The number of pyridine rings is 1. The van der Waals surface area contributed by atoms with Gasteiger partial charge < -0.3 is 5.73 Å². The largest absolute Gasteiger partial charge is 0.399 e. The summed E-state index contributed by atoms with van der Waals surface area (Å²) in [6.07, 6.45) is 6.35. The number of hydrogen-bond donors (Lipinski definition) is 1. The lowest BCUT2D eigenvalue weighted by Crippen LogP contribution is -2.20. The van der Waals surface area contributed by atoms with Crippen LogP contribution < -0.4 is 11.3 Å². The lowest BCUT2D eigenvalue weighted by molar-refractivity contribution is 0.713. The van der Waals surface area contributed by atoms with E-state index in [1.165, 1.54) is 12.8 Å². The van der Waals surface area contributed by atoms with Crippen LogP contribution in [0.15, 0.2) is 53.5 Å². The fraction of sp³-hybridized carbons (Fsp3) is 0.263. The number of fused-ring (bicyclic) bond motifs is 1. The Morgan fingerprint density at radius 3 is 2.65 bits per heavy atom. The molecule has 3 aromatic rings. The van der Waals surface area contributed by atoms with Gasteiger partial charge in [-0.25, -0.2) is 4.98 Å². The monoisotopic (exact) mass is 305 g/mol. The van der Waals surface area contributed by atoms with Crippen LogP contribution in [0.25, 0.3) is 16.8 Å². The second-order valence-corrected chi connectivity index (χ2v) is 6.27. The Balaban J connectivity index is 1.90. The first-order valence-corrected chi connectivity index (χ1v) is 8.08. The quantitative estimate of drug-likeness (QED) is 0.752. The molecule has 4 nitrogen and oxygen atoms in total. The molecule has 1 saturated carbocycles. The van der Waals surface area contributed by atoms with Crippen LogP contribution in [0, 0.1) is 5.92 Å². The van der Waals surface area contributed by atoms with Crippen molar-refractivity contribution < 1.29 is 0 Å². The van der Waals surface area contributed by atoms with Crippen LogP contribution in [0.4, 0.5) is 5.69 Å². The van der Waals surface area contributed by atoms with Crippen molar-refractivity contribution in [2.24, 2.45) is 5.92 Å². The van der Waals surface area contributed by atoms with Crippen LogP contribution in [-0.2, 0) is 6.42 Å². The van der Waals surface area contributed by atoms with E-state index in [1.54, 1.807) is 10.6 Å². The molecule has 0 aliphatic heterocycles. The normalized spacial score (nSPS) is 14.3. The van der Waals surface area contributed by atoms with Gasteiger partial charge in [0.15, 0.2) is 0 Å². The highest BCUT2D eigenvalue weighted by Crippen LogP contribution is 2.34. The van der Waals surface area contributed by atoms with E-state index in [0.29, 0.717) is 16.9 Å². The van der Waals surface area contributed by atoms with Crippen LogP contribution in [0.3, 0.4) is 0 Å². The fourth-order valence-corrected chi connectivity index (χ4v) is 3.00. The Morgan fingerprint density at radius 1 is 1.13 bits per heavy atom. The number of anilines is 1. The van der Waals surface area contributed by atoms with Crippen molar-refractivity contribution in [3.63, 3.8) is 0 Å². The van der Waals surface area contributed by atoms with E-state index in [-0.39, 0.29) is 5.56 Å². The number of hydrogen-bond acceptors (Lipinski definition) is 3. The van der Waals surface area contributed by atoms with Crippen LogP contribution in [0.2, 0.25) is 0 Å². The molecule has 23 heavy (non-hydrogen) atoms. The van der Waals surface area contributed by atoms with Gasteiger partial charge in [-0.2, -0.15) is 0 Å². The second kappa shape index (κ2) is 5.54. The van der Waals surface area contributed by atoms with E-state index in [2.05, 4.69) is 0 Å². The molecule has 116 valence electrons. The Hall–Kier alpha value is -2.62. The number of rotatable bonds is 4. The molecular weight excluding hydrogens is 286 g/mol. The van der Waals surface area contributed by atoms with Crippen LogP contribution in [0.1, 0.15) is 25.0 Å². The van der Waals surface area contributed by atoms with Gasteiger partial charge in [-0.05, 0) is 48.6 Å². The van der Waals surface area contributed by atoms with Crippen molar-refractivity contribution >= 4 is 11.3 Å². The summed E-state index contributed by atoms with van der Waals surface area (Å²) in [7, 11) is 0. The summed E-state index contributed by atoms with van der Waals surface area (Å²) in [5, 5.41) is 0. The first-order valence-electron chi connectivity index (χ1n) is 8.08. The average Bonchev–Trinajstić information content (AvgIpc) is 3.39. The van der Waals surface area contributed by atoms with Gasteiger partial charge in [0.25, 0.3) is 5.56 Å². The molecule has 0 spiro atoms. The van der Waals surface area contributed by atoms with Gasteiger partial charge in [-0.1, -0.05) is 31.0 Å². The van der Waals surface area contributed by atoms with Crippen LogP contribution in [-0.4, -0.2) is 9.38 Å². The van der Waals surface area contributed by atoms with Gasteiger partial charge in [-0.3, -0.25) is 9.20 Å². The molecule has 2 aromatic heterocycles. The zero-order valence-corrected chi connectivity index (χ0v) is 12.9. The lowest BCUT2D eigenvalue weighted by atomic mass is 10.0. The molecule has 0 saturated heterocycles. The van der Waals surface area contributed by atoms with E-state index >= 15 is 0 Å².